The highest BCUT2D eigenvalue weighted by Crippen LogP contribution is 2.16. The van der Waals surface area contributed by atoms with Crippen molar-refractivity contribution in [3.8, 4) is 0 Å². The predicted octanol–water partition coefficient (Wildman–Crippen LogP) is 1.85. The molecule has 0 atom stereocenters. The van der Waals surface area contributed by atoms with Gasteiger partial charge in [0.25, 0.3) is 5.91 Å². The Bertz CT molecular complexity index is 723. The number of amides is 2. The van der Waals surface area contributed by atoms with Crippen LogP contribution in [0.1, 0.15) is 30.1 Å². The number of thiazole rings is 1. The molecule has 128 valence electrons. The van der Waals surface area contributed by atoms with Gasteiger partial charge in [0.05, 0.1) is 18.4 Å². The first kappa shape index (κ1) is 17.7. The third-order valence-electron chi connectivity index (χ3n) is 3.06. The summed E-state index contributed by atoms with van der Waals surface area (Å²) < 4.78 is 5.08. The van der Waals surface area contributed by atoms with Gasteiger partial charge in [0.1, 0.15) is 6.54 Å². The quantitative estimate of drug-likeness (QED) is 0.787. The number of aromatic nitrogens is 1. The van der Waals surface area contributed by atoms with E-state index in [2.05, 4.69) is 10.3 Å². The van der Waals surface area contributed by atoms with Gasteiger partial charge in [-0.2, -0.15) is 0 Å². The van der Waals surface area contributed by atoms with Crippen molar-refractivity contribution in [3.05, 3.63) is 35.2 Å². The third-order valence-corrected chi connectivity index (χ3v) is 3.87. The molecule has 0 saturated carbocycles. The summed E-state index contributed by atoms with van der Waals surface area (Å²) in [4.78, 5) is 40.5. The Labute approximate surface area is 142 Å². The van der Waals surface area contributed by atoms with Crippen LogP contribution in [-0.4, -0.2) is 45.4 Å². The summed E-state index contributed by atoms with van der Waals surface area (Å²) in [7, 11) is 0. The summed E-state index contributed by atoms with van der Waals surface area (Å²) in [5.41, 5.74) is 0.371. The maximum atomic E-state index is 12.3. The first-order chi connectivity index (χ1) is 11.4. The molecular weight excluding hydrogens is 334 g/mol. The molecule has 0 fully saturated rings. The number of aliphatic carboxylic acids is 1. The average molecular weight is 351 g/mol. The minimum Gasteiger partial charge on any atom is -0.481 e. The highest BCUT2D eigenvalue weighted by Gasteiger charge is 2.23. The highest BCUT2D eigenvalue weighted by atomic mass is 32.1. The lowest BCUT2D eigenvalue weighted by atomic mass is 10.2. The standard InChI is InChI=1S/C15H17N3O5S/c1-9(2)18(14(22)11-4-3-5-23-11)7-12(19)17-15-16-10(8-24-15)6-13(20)21/h3-5,8-9H,6-7H2,1-2H3,(H,20,21)(H,16,17,19). The Morgan fingerprint density at radius 3 is 2.75 bits per heavy atom. The maximum Gasteiger partial charge on any atom is 0.309 e. The predicted molar refractivity (Wildman–Crippen MR) is 87.0 cm³/mol. The number of carboxylic acid groups (broad SMARTS) is 1. The lowest BCUT2D eigenvalue weighted by molar-refractivity contribution is -0.136. The number of rotatable bonds is 7. The van der Waals surface area contributed by atoms with Crippen molar-refractivity contribution < 1.29 is 23.9 Å². The minimum absolute atomic E-state index is 0.162. The smallest absolute Gasteiger partial charge is 0.309 e. The third kappa shape index (κ3) is 4.66. The fraction of sp³-hybridized carbons (Fsp3) is 0.333. The first-order valence-corrected chi connectivity index (χ1v) is 8.05. The molecule has 0 bridgehead atoms. The molecule has 2 N–H and O–H groups in total. The number of carbonyl (C=O) groups is 3. The van der Waals surface area contributed by atoms with Gasteiger partial charge in [-0.1, -0.05) is 0 Å². The van der Waals surface area contributed by atoms with E-state index in [1.807, 2.05) is 0 Å². The van der Waals surface area contributed by atoms with Gasteiger partial charge in [-0.25, -0.2) is 4.98 Å². The normalized spacial score (nSPS) is 10.6. The zero-order valence-electron chi connectivity index (χ0n) is 13.2. The van der Waals surface area contributed by atoms with Gasteiger partial charge < -0.3 is 19.7 Å². The van der Waals surface area contributed by atoms with Crippen molar-refractivity contribution in [1.29, 1.82) is 0 Å². The second-order valence-corrected chi connectivity index (χ2v) is 6.12. The van der Waals surface area contributed by atoms with Crippen LogP contribution in [0.2, 0.25) is 0 Å². The van der Waals surface area contributed by atoms with Gasteiger partial charge in [-0.3, -0.25) is 14.4 Å². The number of hydrogen-bond acceptors (Lipinski definition) is 6. The van der Waals surface area contributed by atoms with E-state index in [-0.39, 0.29) is 30.7 Å². The first-order valence-electron chi connectivity index (χ1n) is 7.17. The van der Waals surface area contributed by atoms with E-state index < -0.39 is 11.9 Å². The summed E-state index contributed by atoms with van der Waals surface area (Å²) in [6.45, 7) is 3.43. The molecule has 2 amide bonds. The second kappa shape index (κ2) is 7.73. The van der Waals surface area contributed by atoms with E-state index in [0.29, 0.717) is 10.8 Å². The molecule has 0 spiro atoms. The van der Waals surface area contributed by atoms with Crippen LogP contribution >= 0.6 is 11.3 Å². The Balaban J connectivity index is 1.99. The fourth-order valence-corrected chi connectivity index (χ4v) is 2.67. The summed E-state index contributed by atoms with van der Waals surface area (Å²) >= 11 is 1.13. The van der Waals surface area contributed by atoms with Crippen LogP contribution in [0, 0.1) is 0 Å². The molecule has 0 aliphatic carbocycles. The lowest BCUT2D eigenvalue weighted by Crippen LogP contribution is -2.42. The fourth-order valence-electron chi connectivity index (χ4n) is 1.94. The molecule has 2 rings (SSSR count). The Morgan fingerprint density at radius 2 is 2.17 bits per heavy atom. The number of nitrogens with zero attached hydrogens (tertiary/aromatic N) is 2. The van der Waals surface area contributed by atoms with E-state index in [0.717, 1.165) is 11.3 Å². The van der Waals surface area contributed by atoms with Crippen LogP contribution in [-0.2, 0) is 16.0 Å². The molecule has 24 heavy (non-hydrogen) atoms. The van der Waals surface area contributed by atoms with E-state index in [9.17, 15) is 14.4 Å². The van der Waals surface area contributed by atoms with Crippen molar-refractivity contribution in [2.45, 2.75) is 26.3 Å². The average Bonchev–Trinajstić information content (AvgIpc) is 3.15. The van der Waals surface area contributed by atoms with Crippen LogP contribution < -0.4 is 5.32 Å². The Morgan fingerprint density at radius 1 is 1.42 bits per heavy atom. The summed E-state index contributed by atoms with van der Waals surface area (Å²) in [5.74, 6) is -1.63. The highest BCUT2D eigenvalue weighted by molar-refractivity contribution is 7.13. The summed E-state index contributed by atoms with van der Waals surface area (Å²) in [6, 6.07) is 2.94. The minimum atomic E-state index is -0.992. The number of nitrogens with one attached hydrogen (secondary N) is 1. The van der Waals surface area contributed by atoms with Crippen molar-refractivity contribution in [2.75, 3.05) is 11.9 Å². The number of carbonyl (C=O) groups excluding carboxylic acids is 2. The van der Waals surface area contributed by atoms with Crippen molar-refractivity contribution in [1.82, 2.24) is 9.88 Å². The van der Waals surface area contributed by atoms with E-state index in [4.69, 9.17) is 9.52 Å². The van der Waals surface area contributed by atoms with Crippen LogP contribution in [0.25, 0.3) is 0 Å². The molecule has 0 unspecified atom stereocenters. The lowest BCUT2D eigenvalue weighted by Gasteiger charge is -2.24. The molecule has 8 nitrogen and oxygen atoms in total. The molecule has 2 heterocycles. The number of anilines is 1. The monoisotopic (exact) mass is 351 g/mol. The zero-order chi connectivity index (χ0) is 17.7. The van der Waals surface area contributed by atoms with Crippen molar-refractivity contribution >= 4 is 34.3 Å². The largest absolute Gasteiger partial charge is 0.481 e. The Kier molecular flexibility index (Phi) is 5.69. The number of hydrogen-bond donors (Lipinski definition) is 2. The van der Waals surface area contributed by atoms with Crippen LogP contribution in [0.3, 0.4) is 0 Å². The molecular formula is C15H17N3O5S. The van der Waals surface area contributed by atoms with Gasteiger partial charge >= 0.3 is 5.97 Å². The summed E-state index contributed by atoms with van der Waals surface area (Å²) in [5, 5.41) is 13.2. The zero-order valence-corrected chi connectivity index (χ0v) is 14.0. The van der Waals surface area contributed by atoms with Gasteiger partial charge in [-0.15, -0.1) is 11.3 Å². The van der Waals surface area contributed by atoms with E-state index in [1.54, 1.807) is 25.3 Å². The molecule has 0 aliphatic heterocycles. The number of carboxylic acids is 1. The topological polar surface area (TPSA) is 113 Å². The van der Waals surface area contributed by atoms with Crippen LogP contribution in [0.15, 0.2) is 28.2 Å². The van der Waals surface area contributed by atoms with Gasteiger partial charge in [0.15, 0.2) is 10.9 Å². The second-order valence-electron chi connectivity index (χ2n) is 5.27. The molecule has 0 radical (unpaired) electrons. The van der Waals surface area contributed by atoms with Gasteiger partial charge in [0, 0.05) is 11.4 Å². The van der Waals surface area contributed by atoms with Crippen molar-refractivity contribution in [3.63, 3.8) is 0 Å². The molecule has 2 aromatic heterocycles. The maximum absolute atomic E-state index is 12.3. The van der Waals surface area contributed by atoms with Crippen LogP contribution in [0.5, 0.6) is 0 Å². The van der Waals surface area contributed by atoms with Gasteiger partial charge in [0.2, 0.25) is 5.91 Å². The SMILES string of the molecule is CC(C)N(CC(=O)Nc1nc(CC(=O)O)cs1)C(=O)c1ccco1. The Hall–Kier alpha value is -2.68. The summed E-state index contributed by atoms with van der Waals surface area (Å²) in [6.07, 6.45) is 1.19. The molecule has 2 aromatic rings. The number of furan rings is 1. The van der Waals surface area contributed by atoms with Crippen LogP contribution in [0.4, 0.5) is 5.13 Å². The van der Waals surface area contributed by atoms with Gasteiger partial charge in [-0.05, 0) is 26.0 Å². The molecule has 0 aliphatic rings. The molecule has 0 saturated heterocycles. The van der Waals surface area contributed by atoms with E-state index >= 15 is 0 Å². The molecule has 9 heteroatoms. The van der Waals surface area contributed by atoms with Crippen molar-refractivity contribution in [2.24, 2.45) is 0 Å². The molecule has 0 aromatic carbocycles. The van der Waals surface area contributed by atoms with E-state index in [1.165, 1.54) is 17.2 Å².